The molecule has 17 heavy (non-hydrogen) atoms. The van der Waals surface area contributed by atoms with Gasteiger partial charge in [-0.3, -0.25) is 4.68 Å². The summed E-state index contributed by atoms with van der Waals surface area (Å²) >= 11 is 0. The summed E-state index contributed by atoms with van der Waals surface area (Å²) in [6, 6.07) is 7.89. The first kappa shape index (κ1) is 11.7. The zero-order chi connectivity index (χ0) is 12.4. The molecule has 2 rings (SSSR count). The molecule has 0 aliphatic carbocycles. The minimum absolute atomic E-state index is 0.497. The fourth-order valence-electron chi connectivity index (χ4n) is 1.79. The number of hydrogen-bond donors (Lipinski definition) is 2. The first-order chi connectivity index (χ1) is 8.13. The van der Waals surface area contributed by atoms with Gasteiger partial charge in [-0.25, -0.2) is 0 Å². The maximum Gasteiger partial charge on any atom is 0.127 e. The zero-order valence-corrected chi connectivity index (χ0v) is 10.1. The van der Waals surface area contributed by atoms with Crippen molar-refractivity contribution < 1.29 is 5.11 Å². The van der Waals surface area contributed by atoms with Crippen LogP contribution in [0.15, 0.2) is 30.5 Å². The molecule has 3 N–H and O–H groups in total. The number of hydrogen-bond acceptors (Lipinski definition) is 3. The van der Waals surface area contributed by atoms with Gasteiger partial charge in [-0.2, -0.15) is 5.10 Å². The van der Waals surface area contributed by atoms with Crippen LogP contribution in [-0.4, -0.2) is 14.9 Å². The molecule has 2 aromatic rings. The van der Waals surface area contributed by atoms with E-state index in [-0.39, 0.29) is 0 Å². The number of rotatable bonds is 3. The Balaban J connectivity index is 2.30. The van der Waals surface area contributed by atoms with Gasteiger partial charge in [0.05, 0.1) is 6.20 Å². The van der Waals surface area contributed by atoms with Crippen molar-refractivity contribution in [3.05, 3.63) is 47.2 Å². The minimum Gasteiger partial charge on any atom is -0.384 e. The molecular formula is C13H17N3O. The van der Waals surface area contributed by atoms with Gasteiger partial charge >= 0.3 is 0 Å². The molecule has 4 heteroatoms. The predicted molar refractivity (Wildman–Crippen MR) is 67.5 cm³/mol. The molecule has 0 bridgehead atoms. The number of benzene rings is 1. The fourth-order valence-corrected chi connectivity index (χ4v) is 1.79. The van der Waals surface area contributed by atoms with E-state index >= 15 is 0 Å². The molecule has 4 nitrogen and oxygen atoms in total. The first-order valence-corrected chi connectivity index (χ1v) is 5.67. The van der Waals surface area contributed by atoms with Gasteiger partial charge in [0.25, 0.3) is 0 Å². The van der Waals surface area contributed by atoms with Crippen LogP contribution >= 0.6 is 0 Å². The molecule has 0 amide bonds. The quantitative estimate of drug-likeness (QED) is 0.844. The summed E-state index contributed by atoms with van der Waals surface area (Å²) in [5.41, 5.74) is 8.57. The van der Waals surface area contributed by atoms with E-state index in [1.54, 1.807) is 17.9 Å². The Hall–Kier alpha value is -1.81. The SMILES string of the molecule is CCc1ccc(C(O)c2cnn(C)c2N)cc1. The standard InChI is InChI=1S/C13H17N3O/c1-3-9-4-6-10(7-5-9)12(17)11-8-15-16(2)13(11)14/h4-8,12,17H,3,14H2,1-2H3. The predicted octanol–water partition coefficient (Wildman–Crippen LogP) is 1.65. The van der Waals surface area contributed by atoms with Crippen LogP contribution in [0.5, 0.6) is 0 Å². The number of aliphatic hydroxyl groups is 1. The van der Waals surface area contributed by atoms with E-state index < -0.39 is 6.10 Å². The van der Waals surface area contributed by atoms with E-state index in [1.807, 2.05) is 24.3 Å². The number of nitrogen functional groups attached to an aromatic ring is 1. The second-order valence-corrected chi connectivity index (χ2v) is 4.11. The molecular weight excluding hydrogens is 214 g/mol. The number of aryl methyl sites for hydroxylation is 2. The molecule has 0 fully saturated rings. The van der Waals surface area contributed by atoms with E-state index in [0.29, 0.717) is 11.4 Å². The second kappa shape index (κ2) is 4.59. The molecule has 1 aromatic heterocycles. The van der Waals surface area contributed by atoms with Crippen molar-refractivity contribution in [3.63, 3.8) is 0 Å². The molecule has 1 atom stereocenters. The average molecular weight is 231 g/mol. The molecule has 1 heterocycles. The normalized spacial score (nSPS) is 12.6. The number of anilines is 1. The van der Waals surface area contributed by atoms with Gasteiger partial charge in [-0.1, -0.05) is 31.2 Å². The Labute approximate surface area is 101 Å². The monoisotopic (exact) mass is 231 g/mol. The Kier molecular flexibility index (Phi) is 3.15. The molecule has 0 aliphatic heterocycles. The van der Waals surface area contributed by atoms with Gasteiger partial charge < -0.3 is 10.8 Å². The topological polar surface area (TPSA) is 64.1 Å². The Morgan fingerprint density at radius 2 is 2.00 bits per heavy atom. The maximum atomic E-state index is 10.2. The number of aliphatic hydroxyl groups excluding tert-OH is 1. The van der Waals surface area contributed by atoms with E-state index in [4.69, 9.17) is 5.73 Å². The van der Waals surface area contributed by atoms with Crippen LogP contribution in [0, 0.1) is 0 Å². The molecule has 0 radical (unpaired) electrons. The summed E-state index contributed by atoms with van der Waals surface area (Å²) in [4.78, 5) is 0. The third-order valence-electron chi connectivity index (χ3n) is 3.01. The molecule has 1 unspecified atom stereocenters. The van der Waals surface area contributed by atoms with Crippen LogP contribution in [0.1, 0.15) is 29.7 Å². The Morgan fingerprint density at radius 1 is 1.35 bits per heavy atom. The average Bonchev–Trinajstić information content (AvgIpc) is 2.69. The van der Waals surface area contributed by atoms with E-state index in [2.05, 4.69) is 12.0 Å². The third-order valence-corrected chi connectivity index (χ3v) is 3.01. The molecule has 0 aliphatic rings. The lowest BCUT2D eigenvalue weighted by Crippen LogP contribution is -2.04. The van der Waals surface area contributed by atoms with Crippen molar-refractivity contribution in [2.75, 3.05) is 5.73 Å². The summed E-state index contributed by atoms with van der Waals surface area (Å²) in [6.07, 6.45) is 1.88. The first-order valence-electron chi connectivity index (χ1n) is 5.67. The van der Waals surface area contributed by atoms with Crippen molar-refractivity contribution in [1.82, 2.24) is 9.78 Å². The van der Waals surface area contributed by atoms with E-state index in [1.165, 1.54) is 5.56 Å². The smallest absolute Gasteiger partial charge is 0.127 e. The lowest BCUT2D eigenvalue weighted by molar-refractivity contribution is 0.221. The second-order valence-electron chi connectivity index (χ2n) is 4.11. The lowest BCUT2D eigenvalue weighted by atomic mass is 10.0. The minimum atomic E-state index is -0.713. The van der Waals surface area contributed by atoms with Crippen molar-refractivity contribution in [2.24, 2.45) is 7.05 Å². The summed E-state index contributed by atoms with van der Waals surface area (Å²) in [5.74, 6) is 0.497. The fraction of sp³-hybridized carbons (Fsp3) is 0.308. The maximum absolute atomic E-state index is 10.2. The van der Waals surface area contributed by atoms with Crippen LogP contribution in [-0.2, 0) is 13.5 Å². The summed E-state index contributed by atoms with van der Waals surface area (Å²) in [6.45, 7) is 2.10. The highest BCUT2D eigenvalue weighted by atomic mass is 16.3. The van der Waals surface area contributed by atoms with E-state index in [0.717, 1.165) is 12.0 Å². The summed E-state index contributed by atoms with van der Waals surface area (Å²) < 4.78 is 1.55. The van der Waals surface area contributed by atoms with Crippen LogP contribution in [0.2, 0.25) is 0 Å². The van der Waals surface area contributed by atoms with Crippen LogP contribution in [0.25, 0.3) is 0 Å². The highest BCUT2D eigenvalue weighted by Gasteiger charge is 2.16. The molecule has 0 spiro atoms. The Bertz CT molecular complexity index is 502. The van der Waals surface area contributed by atoms with Gasteiger partial charge in [0.1, 0.15) is 11.9 Å². The highest BCUT2D eigenvalue weighted by Crippen LogP contribution is 2.26. The van der Waals surface area contributed by atoms with Crippen molar-refractivity contribution in [1.29, 1.82) is 0 Å². The van der Waals surface area contributed by atoms with Crippen LogP contribution in [0.4, 0.5) is 5.82 Å². The molecule has 0 saturated carbocycles. The van der Waals surface area contributed by atoms with E-state index in [9.17, 15) is 5.11 Å². The molecule has 90 valence electrons. The van der Waals surface area contributed by atoms with Gasteiger partial charge in [0, 0.05) is 12.6 Å². The van der Waals surface area contributed by atoms with Crippen LogP contribution < -0.4 is 5.73 Å². The summed E-state index contributed by atoms with van der Waals surface area (Å²) in [7, 11) is 1.76. The van der Waals surface area contributed by atoms with Gasteiger partial charge in [-0.15, -0.1) is 0 Å². The van der Waals surface area contributed by atoms with Gasteiger partial charge in [0.15, 0.2) is 0 Å². The number of nitrogens with two attached hydrogens (primary N) is 1. The lowest BCUT2D eigenvalue weighted by Gasteiger charge is -2.11. The zero-order valence-electron chi connectivity index (χ0n) is 10.1. The van der Waals surface area contributed by atoms with Crippen molar-refractivity contribution in [2.45, 2.75) is 19.4 Å². The largest absolute Gasteiger partial charge is 0.384 e. The Morgan fingerprint density at radius 3 is 2.47 bits per heavy atom. The molecule has 1 aromatic carbocycles. The summed E-state index contributed by atoms with van der Waals surface area (Å²) in [5, 5.41) is 14.2. The van der Waals surface area contributed by atoms with Crippen LogP contribution in [0.3, 0.4) is 0 Å². The number of nitrogens with zero attached hydrogens (tertiary/aromatic N) is 2. The highest BCUT2D eigenvalue weighted by molar-refractivity contribution is 5.44. The molecule has 0 saturated heterocycles. The van der Waals surface area contributed by atoms with Gasteiger partial charge in [-0.05, 0) is 17.5 Å². The van der Waals surface area contributed by atoms with Gasteiger partial charge in [0.2, 0.25) is 0 Å². The van der Waals surface area contributed by atoms with Crippen molar-refractivity contribution in [3.8, 4) is 0 Å². The number of aromatic nitrogens is 2. The third kappa shape index (κ3) is 2.17. The van der Waals surface area contributed by atoms with Crippen molar-refractivity contribution >= 4 is 5.82 Å².